The van der Waals surface area contributed by atoms with Gasteiger partial charge in [-0.2, -0.15) is 5.10 Å². The Hall–Kier alpha value is -2.07. The minimum atomic E-state index is -0.238. The number of benzene rings is 2. The van der Waals surface area contributed by atoms with Crippen LogP contribution >= 0.6 is 11.6 Å². The van der Waals surface area contributed by atoms with Gasteiger partial charge in [-0.3, -0.25) is 5.01 Å². The summed E-state index contributed by atoms with van der Waals surface area (Å²) >= 11 is 6.21. The summed E-state index contributed by atoms with van der Waals surface area (Å²) in [5.74, 6) is 1.13. The van der Waals surface area contributed by atoms with E-state index in [4.69, 9.17) is 21.4 Å². The van der Waals surface area contributed by atoms with Crippen LogP contribution in [0.2, 0.25) is 5.02 Å². The monoisotopic (exact) mass is 358 g/mol. The maximum absolute atomic E-state index is 13.2. The summed E-state index contributed by atoms with van der Waals surface area (Å²) in [6, 6.07) is 12.4. The van der Waals surface area contributed by atoms with Crippen LogP contribution in [0.25, 0.3) is 0 Å². The molecule has 0 aliphatic carbocycles. The van der Waals surface area contributed by atoms with Crippen molar-refractivity contribution in [3.63, 3.8) is 0 Å². The molecule has 0 unspecified atom stereocenters. The van der Waals surface area contributed by atoms with Crippen molar-refractivity contribution in [1.29, 1.82) is 0 Å². The van der Waals surface area contributed by atoms with Crippen LogP contribution in [0, 0.1) is 11.7 Å². The van der Waals surface area contributed by atoms with E-state index in [9.17, 15) is 4.39 Å². The molecule has 4 rings (SSSR count). The lowest BCUT2D eigenvalue weighted by molar-refractivity contribution is -0.0291. The van der Waals surface area contributed by atoms with E-state index in [-0.39, 0.29) is 18.1 Å². The first-order valence-corrected chi connectivity index (χ1v) is 8.97. The zero-order valence-corrected chi connectivity index (χ0v) is 15.0. The molecule has 0 N–H and O–H groups in total. The first kappa shape index (κ1) is 16.4. The molecule has 0 saturated carbocycles. The summed E-state index contributed by atoms with van der Waals surface area (Å²) in [6.07, 6.45) is 1.55. The van der Waals surface area contributed by atoms with Gasteiger partial charge >= 0.3 is 0 Å². The van der Waals surface area contributed by atoms with Gasteiger partial charge in [0, 0.05) is 23.4 Å². The third kappa shape index (κ3) is 3.11. The number of nitrogens with zero attached hydrogens (tertiary/aromatic N) is 2. The Morgan fingerprint density at radius 1 is 1.24 bits per heavy atom. The van der Waals surface area contributed by atoms with Gasteiger partial charge in [0.05, 0.1) is 11.8 Å². The van der Waals surface area contributed by atoms with Crippen LogP contribution in [0.15, 0.2) is 47.6 Å². The van der Waals surface area contributed by atoms with Crippen LogP contribution in [0.4, 0.5) is 4.39 Å². The van der Waals surface area contributed by atoms with E-state index < -0.39 is 0 Å². The molecule has 0 spiro atoms. The molecular formula is C20H20ClFN2O. The lowest BCUT2D eigenvalue weighted by Crippen LogP contribution is -2.41. The standard InChI is InChI=1S/C20H20ClFN2O/c1-12(2)9-20-24-18(16-10-14(21)5-8-19(16)25-20)11-17(23-24)13-3-6-15(22)7-4-13/h3-8,10,12,18,20H,9,11H2,1-2H3/t18-,20+/m1/s1. The average molecular weight is 359 g/mol. The average Bonchev–Trinajstić information content (AvgIpc) is 3.01. The highest BCUT2D eigenvalue weighted by molar-refractivity contribution is 6.30. The molecule has 2 atom stereocenters. The number of ether oxygens (including phenoxy) is 1. The number of rotatable bonds is 3. The number of halogens is 2. The molecule has 5 heteroatoms. The molecule has 130 valence electrons. The molecule has 2 aromatic carbocycles. The molecule has 2 heterocycles. The molecule has 0 aromatic heterocycles. The third-order valence-electron chi connectivity index (χ3n) is 4.68. The van der Waals surface area contributed by atoms with Crippen LogP contribution in [-0.2, 0) is 0 Å². The molecule has 0 saturated heterocycles. The molecule has 3 nitrogen and oxygen atoms in total. The van der Waals surface area contributed by atoms with Crippen molar-refractivity contribution < 1.29 is 9.13 Å². The maximum Gasteiger partial charge on any atom is 0.188 e. The normalized spacial score (nSPS) is 21.6. The minimum absolute atomic E-state index is 0.100. The summed E-state index contributed by atoms with van der Waals surface area (Å²) in [5, 5.41) is 7.58. The molecule has 0 bridgehead atoms. The SMILES string of the molecule is CC(C)C[C@@H]1Oc2ccc(Cl)cc2[C@H]2CC(c3ccc(F)cc3)=NN12. The molecular weight excluding hydrogens is 339 g/mol. The molecule has 2 aliphatic heterocycles. The lowest BCUT2D eigenvalue weighted by atomic mass is 9.95. The number of fused-ring (bicyclic) bond motifs is 3. The van der Waals surface area contributed by atoms with Gasteiger partial charge in [-0.15, -0.1) is 0 Å². The van der Waals surface area contributed by atoms with E-state index in [0.29, 0.717) is 10.9 Å². The van der Waals surface area contributed by atoms with Gasteiger partial charge in [0.25, 0.3) is 0 Å². The summed E-state index contributed by atoms with van der Waals surface area (Å²) < 4.78 is 19.4. The highest BCUT2D eigenvalue weighted by atomic mass is 35.5. The first-order valence-electron chi connectivity index (χ1n) is 8.59. The largest absolute Gasteiger partial charge is 0.469 e. The smallest absolute Gasteiger partial charge is 0.188 e. The number of hydrogen-bond acceptors (Lipinski definition) is 3. The fourth-order valence-corrected chi connectivity index (χ4v) is 3.69. The fourth-order valence-electron chi connectivity index (χ4n) is 3.51. The quantitative estimate of drug-likeness (QED) is 0.734. The van der Waals surface area contributed by atoms with Gasteiger partial charge < -0.3 is 4.74 Å². The second-order valence-electron chi connectivity index (χ2n) is 7.04. The molecule has 2 aromatic rings. The van der Waals surface area contributed by atoms with E-state index in [1.165, 1.54) is 12.1 Å². The van der Waals surface area contributed by atoms with Crippen LogP contribution in [0.3, 0.4) is 0 Å². The molecule has 2 aliphatic rings. The Labute approximate surface area is 152 Å². The summed E-state index contributed by atoms with van der Waals surface area (Å²) in [5.41, 5.74) is 2.96. The molecule has 0 amide bonds. The van der Waals surface area contributed by atoms with E-state index >= 15 is 0 Å². The third-order valence-corrected chi connectivity index (χ3v) is 4.92. The summed E-state index contributed by atoms with van der Waals surface area (Å²) in [7, 11) is 0. The lowest BCUT2D eigenvalue weighted by Gasteiger charge is -2.38. The highest BCUT2D eigenvalue weighted by Gasteiger charge is 2.40. The van der Waals surface area contributed by atoms with Crippen molar-refractivity contribution in [3.8, 4) is 5.75 Å². The maximum atomic E-state index is 13.2. The van der Waals surface area contributed by atoms with Crippen LogP contribution < -0.4 is 4.74 Å². The highest BCUT2D eigenvalue weighted by Crippen LogP contribution is 2.44. The second kappa shape index (κ2) is 6.34. The van der Waals surface area contributed by atoms with Gasteiger partial charge in [-0.05, 0) is 41.8 Å². The summed E-state index contributed by atoms with van der Waals surface area (Å²) in [4.78, 5) is 0. The van der Waals surface area contributed by atoms with E-state index in [1.54, 1.807) is 12.1 Å². The molecule has 25 heavy (non-hydrogen) atoms. The minimum Gasteiger partial charge on any atom is -0.469 e. The van der Waals surface area contributed by atoms with Gasteiger partial charge in [0.15, 0.2) is 6.23 Å². The topological polar surface area (TPSA) is 24.8 Å². The van der Waals surface area contributed by atoms with Gasteiger partial charge in [0.2, 0.25) is 0 Å². The number of hydrazone groups is 1. The van der Waals surface area contributed by atoms with Crippen molar-refractivity contribution in [2.75, 3.05) is 0 Å². The predicted molar refractivity (Wildman–Crippen MR) is 97.5 cm³/mol. The van der Waals surface area contributed by atoms with Crippen molar-refractivity contribution in [1.82, 2.24) is 5.01 Å². The van der Waals surface area contributed by atoms with Gasteiger partial charge in [-0.1, -0.05) is 37.6 Å². The Kier molecular flexibility index (Phi) is 4.16. The van der Waals surface area contributed by atoms with Crippen LogP contribution in [0.1, 0.15) is 43.9 Å². The molecule has 0 fully saturated rings. The van der Waals surface area contributed by atoms with E-state index in [0.717, 1.165) is 35.4 Å². The first-order chi connectivity index (χ1) is 12.0. The molecule has 0 radical (unpaired) electrons. The Balaban J connectivity index is 1.72. The Morgan fingerprint density at radius 3 is 2.72 bits per heavy atom. The second-order valence-corrected chi connectivity index (χ2v) is 7.47. The zero-order chi connectivity index (χ0) is 17.6. The fraction of sp³-hybridized carbons (Fsp3) is 0.350. The number of hydrogen-bond donors (Lipinski definition) is 0. The van der Waals surface area contributed by atoms with Crippen molar-refractivity contribution in [2.45, 2.75) is 39.0 Å². The Morgan fingerprint density at radius 2 is 2.00 bits per heavy atom. The van der Waals surface area contributed by atoms with Gasteiger partial charge in [0.1, 0.15) is 11.6 Å². The van der Waals surface area contributed by atoms with Crippen LogP contribution in [-0.4, -0.2) is 16.9 Å². The van der Waals surface area contributed by atoms with E-state index in [2.05, 4.69) is 18.9 Å². The predicted octanol–water partition coefficient (Wildman–Crippen LogP) is 5.39. The van der Waals surface area contributed by atoms with E-state index in [1.807, 2.05) is 18.2 Å². The van der Waals surface area contributed by atoms with Crippen molar-refractivity contribution in [2.24, 2.45) is 11.0 Å². The summed E-state index contributed by atoms with van der Waals surface area (Å²) in [6.45, 7) is 4.35. The van der Waals surface area contributed by atoms with Crippen LogP contribution in [0.5, 0.6) is 5.75 Å². The van der Waals surface area contributed by atoms with Gasteiger partial charge in [-0.25, -0.2) is 4.39 Å². The Bertz CT molecular complexity index is 819. The van der Waals surface area contributed by atoms with Crippen molar-refractivity contribution >= 4 is 17.3 Å². The zero-order valence-electron chi connectivity index (χ0n) is 14.2. The van der Waals surface area contributed by atoms with Crippen molar-refractivity contribution in [3.05, 3.63) is 64.4 Å².